The smallest absolute Gasteiger partial charge is 0.150 e. The molecular formula is C15H22N2O2S. The molecule has 0 bridgehead atoms. The van der Waals surface area contributed by atoms with Crippen molar-refractivity contribution in [3.8, 4) is 0 Å². The average Bonchev–Trinajstić information content (AvgIpc) is 2.77. The van der Waals surface area contributed by atoms with E-state index in [4.69, 9.17) is 0 Å². The van der Waals surface area contributed by atoms with Crippen LogP contribution in [0.4, 0.5) is 0 Å². The predicted octanol–water partition coefficient (Wildman–Crippen LogP) is 2.81. The van der Waals surface area contributed by atoms with Crippen molar-refractivity contribution >= 4 is 20.9 Å². The summed E-state index contributed by atoms with van der Waals surface area (Å²) < 4.78 is 25.3. The van der Waals surface area contributed by atoms with Crippen molar-refractivity contribution < 1.29 is 8.42 Å². The molecule has 1 aromatic heterocycles. The van der Waals surface area contributed by atoms with Gasteiger partial charge in [-0.25, -0.2) is 13.4 Å². The molecule has 0 saturated carbocycles. The Kier molecular flexibility index (Phi) is 4.81. The molecule has 0 amide bonds. The number of imidazole rings is 1. The van der Waals surface area contributed by atoms with Crippen molar-refractivity contribution in [3.05, 3.63) is 30.1 Å². The lowest BCUT2D eigenvalue weighted by Gasteiger charge is -2.08. The van der Waals surface area contributed by atoms with Crippen LogP contribution in [0.5, 0.6) is 0 Å². The third kappa shape index (κ3) is 3.39. The second-order valence-electron chi connectivity index (χ2n) is 5.01. The fourth-order valence-electron chi connectivity index (χ4n) is 2.38. The number of hydrogen-bond acceptors (Lipinski definition) is 3. The Labute approximate surface area is 120 Å². The predicted molar refractivity (Wildman–Crippen MR) is 82.7 cm³/mol. The molecule has 0 saturated heterocycles. The Hall–Kier alpha value is -1.36. The molecule has 20 heavy (non-hydrogen) atoms. The number of rotatable bonds is 7. The number of benzene rings is 1. The molecule has 1 heterocycles. The SMILES string of the molecule is CCCc1nc2ccccc2n1CCCS(=O)(=O)CC. The molecule has 0 fully saturated rings. The summed E-state index contributed by atoms with van der Waals surface area (Å²) in [7, 11) is -2.88. The van der Waals surface area contributed by atoms with E-state index in [0.29, 0.717) is 6.42 Å². The van der Waals surface area contributed by atoms with Gasteiger partial charge in [0.1, 0.15) is 15.7 Å². The number of para-hydroxylation sites is 2. The first-order chi connectivity index (χ1) is 9.57. The lowest BCUT2D eigenvalue weighted by molar-refractivity contribution is 0.585. The monoisotopic (exact) mass is 294 g/mol. The molecule has 0 aliphatic heterocycles. The van der Waals surface area contributed by atoms with Crippen molar-refractivity contribution in [2.24, 2.45) is 0 Å². The maximum Gasteiger partial charge on any atom is 0.150 e. The van der Waals surface area contributed by atoms with Gasteiger partial charge in [-0.05, 0) is 25.0 Å². The van der Waals surface area contributed by atoms with Crippen molar-refractivity contribution in [2.75, 3.05) is 11.5 Å². The summed E-state index contributed by atoms with van der Waals surface area (Å²) in [6, 6.07) is 8.04. The molecule has 0 unspecified atom stereocenters. The summed E-state index contributed by atoms with van der Waals surface area (Å²) in [5.41, 5.74) is 2.10. The highest BCUT2D eigenvalue weighted by atomic mass is 32.2. The summed E-state index contributed by atoms with van der Waals surface area (Å²) in [5, 5.41) is 0. The second-order valence-corrected chi connectivity index (χ2v) is 7.48. The van der Waals surface area contributed by atoms with Gasteiger partial charge in [-0.15, -0.1) is 0 Å². The Morgan fingerprint density at radius 1 is 1.20 bits per heavy atom. The van der Waals surface area contributed by atoms with E-state index in [1.807, 2.05) is 18.2 Å². The van der Waals surface area contributed by atoms with Crippen LogP contribution in [0.1, 0.15) is 32.5 Å². The first-order valence-corrected chi connectivity index (χ1v) is 9.04. The van der Waals surface area contributed by atoms with Crippen LogP contribution in [0.25, 0.3) is 11.0 Å². The number of sulfone groups is 1. The largest absolute Gasteiger partial charge is 0.328 e. The molecule has 110 valence electrons. The van der Waals surface area contributed by atoms with E-state index in [-0.39, 0.29) is 11.5 Å². The van der Waals surface area contributed by atoms with Crippen LogP contribution in [0.2, 0.25) is 0 Å². The number of fused-ring (bicyclic) bond motifs is 1. The topological polar surface area (TPSA) is 52.0 Å². The molecule has 0 atom stereocenters. The standard InChI is InChI=1S/C15H22N2O2S/c1-3-8-15-16-13-9-5-6-10-14(13)17(15)11-7-12-20(18,19)4-2/h5-6,9-10H,3-4,7-8,11-12H2,1-2H3. The minimum Gasteiger partial charge on any atom is -0.328 e. The summed E-state index contributed by atoms with van der Waals surface area (Å²) >= 11 is 0. The van der Waals surface area contributed by atoms with E-state index in [2.05, 4.69) is 22.5 Å². The zero-order valence-corrected chi connectivity index (χ0v) is 13.0. The van der Waals surface area contributed by atoms with Crippen LogP contribution in [0, 0.1) is 0 Å². The minimum absolute atomic E-state index is 0.222. The lowest BCUT2D eigenvalue weighted by Crippen LogP contribution is -2.12. The third-order valence-electron chi connectivity index (χ3n) is 3.48. The first kappa shape index (κ1) is 15.0. The third-order valence-corrected chi connectivity index (χ3v) is 5.27. The number of aromatic nitrogens is 2. The minimum atomic E-state index is -2.88. The van der Waals surface area contributed by atoms with E-state index in [1.54, 1.807) is 6.92 Å². The molecule has 0 spiro atoms. The zero-order valence-electron chi connectivity index (χ0n) is 12.2. The number of aryl methyl sites for hydroxylation is 2. The van der Waals surface area contributed by atoms with E-state index in [1.165, 1.54) is 0 Å². The molecule has 2 aromatic rings. The fourth-order valence-corrected chi connectivity index (χ4v) is 3.23. The zero-order chi connectivity index (χ0) is 14.6. The van der Waals surface area contributed by atoms with E-state index < -0.39 is 9.84 Å². The molecule has 0 radical (unpaired) electrons. The van der Waals surface area contributed by atoms with Gasteiger partial charge in [0.25, 0.3) is 0 Å². The quantitative estimate of drug-likeness (QED) is 0.789. The highest BCUT2D eigenvalue weighted by Crippen LogP contribution is 2.17. The summed E-state index contributed by atoms with van der Waals surface area (Å²) in [4.78, 5) is 4.65. The van der Waals surface area contributed by atoms with Crippen LogP contribution in [0.15, 0.2) is 24.3 Å². The van der Waals surface area contributed by atoms with Gasteiger partial charge >= 0.3 is 0 Å². The molecule has 0 aliphatic carbocycles. The normalized spacial score (nSPS) is 12.1. The van der Waals surface area contributed by atoms with Crippen molar-refractivity contribution in [1.82, 2.24) is 9.55 Å². The van der Waals surface area contributed by atoms with Gasteiger partial charge < -0.3 is 4.57 Å². The van der Waals surface area contributed by atoms with Gasteiger partial charge in [0, 0.05) is 18.7 Å². The van der Waals surface area contributed by atoms with Crippen LogP contribution in [-0.4, -0.2) is 29.5 Å². The van der Waals surface area contributed by atoms with Crippen LogP contribution in [0.3, 0.4) is 0 Å². The van der Waals surface area contributed by atoms with E-state index >= 15 is 0 Å². The molecule has 0 aliphatic rings. The van der Waals surface area contributed by atoms with Gasteiger partial charge in [-0.1, -0.05) is 26.0 Å². The van der Waals surface area contributed by atoms with Gasteiger partial charge in [0.15, 0.2) is 0 Å². The van der Waals surface area contributed by atoms with Crippen LogP contribution in [-0.2, 0) is 22.8 Å². The molecule has 0 N–H and O–H groups in total. The van der Waals surface area contributed by atoms with Gasteiger partial charge in [-0.3, -0.25) is 0 Å². The Balaban J connectivity index is 2.21. The van der Waals surface area contributed by atoms with E-state index in [9.17, 15) is 8.42 Å². The van der Waals surface area contributed by atoms with Crippen molar-refractivity contribution in [1.29, 1.82) is 0 Å². The maximum atomic E-state index is 11.6. The maximum absolute atomic E-state index is 11.6. The molecule has 4 nitrogen and oxygen atoms in total. The molecule has 1 aromatic carbocycles. The summed E-state index contributed by atoms with van der Waals surface area (Å²) in [6.07, 6.45) is 2.61. The molecular weight excluding hydrogens is 272 g/mol. The Morgan fingerprint density at radius 2 is 1.95 bits per heavy atom. The number of nitrogens with zero attached hydrogens (tertiary/aromatic N) is 2. The van der Waals surface area contributed by atoms with Gasteiger partial charge in [0.2, 0.25) is 0 Å². The highest BCUT2D eigenvalue weighted by Gasteiger charge is 2.11. The Morgan fingerprint density at radius 3 is 2.65 bits per heavy atom. The van der Waals surface area contributed by atoms with Crippen molar-refractivity contribution in [2.45, 2.75) is 39.7 Å². The van der Waals surface area contributed by atoms with E-state index in [0.717, 1.165) is 36.2 Å². The lowest BCUT2D eigenvalue weighted by atomic mass is 10.3. The first-order valence-electron chi connectivity index (χ1n) is 7.22. The average molecular weight is 294 g/mol. The summed E-state index contributed by atoms with van der Waals surface area (Å²) in [5.74, 6) is 1.53. The molecule has 5 heteroatoms. The van der Waals surface area contributed by atoms with Gasteiger partial charge in [0.05, 0.1) is 16.8 Å². The molecule has 2 rings (SSSR count). The highest BCUT2D eigenvalue weighted by molar-refractivity contribution is 7.91. The second kappa shape index (κ2) is 6.39. The van der Waals surface area contributed by atoms with Crippen LogP contribution < -0.4 is 0 Å². The van der Waals surface area contributed by atoms with Crippen LogP contribution >= 0.6 is 0 Å². The summed E-state index contributed by atoms with van der Waals surface area (Å²) in [6.45, 7) is 4.55. The van der Waals surface area contributed by atoms with Crippen molar-refractivity contribution in [3.63, 3.8) is 0 Å². The van der Waals surface area contributed by atoms with Gasteiger partial charge in [-0.2, -0.15) is 0 Å². The number of hydrogen-bond donors (Lipinski definition) is 0. The fraction of sp³-hybridized carbons (Fsp3) is 0.533. The Bertz CT molecular complexity index is 674.